The summed E-state index contributed by atoms with van der Waals surface area (Å²) < 4.78 is 10.2. The van der Waals surface area contributed by atoms with Gasteiger partial charge in [0.2, 0.25) is 0 Å². The van der Waals surface area contributed by atoms with Gasteiger partial charge in [-0.05, 0) is 18.9 Å². The van der Waals surface area contributed by atoms with E-state index in [4.69, 9.17) is 0 Å². The maximum atomic E-state index is 10.2. The smallest absolute Gasteiger partial charge is 0.0974 e. The summed E-state index contributed by atoms with van der Waals surface area (Å²) in [6, 6.07) is 0.994. The maximum Gasteiger partial charge on any atom is 0.0974 e. The van der Waals surface area contributed by atoms with Crippen LogP contribution < -0.4 is 15.2 Å². The van der Waals surface area contributed by atoms with Crippen molar-refractivity contribution in [3.63, 3.8) is 0 Å². The van der Waals surface area contributed by atoms with Gasteiger partial charge in [-0.3, -0.25) is 0 Å². The molecule has 1 rings (SSSR count). The molecule has 6 nitrogen and oxygen atoms in total. The lowest BCUT2D eigenvalue weighted by atomic mass is 10.7. The highest BCUT2D eigenvalue weighted by atomic mass is 31.2. The van der Waals surface area contributed by atoms with Crippen LogP contribution >= 0.6 is 7.60 Å². The van der Waals surface area contributed by atoms with Gasteiger partial charge in [0, 0.05) is 0 Å². The lowest BCUT2D eigenvalue weighted by molar-refractivity contribution is -0.308. The fraction of sp³-hybridized carbons (Fsp3) is 0. The lowest BCUT2D eigenvalue weighted by Gasteiger charge is -2.26. The molecule has 0 unspecified atom stereocenters. The summed E-state index contributed by atoms with van der Waals surface area (Å²) in [7, 11) is -4.73. The summed E-state index contributed by atoms with van der Waals surface area (Å²) >= 11 is 0. The van der Waals surface area contributed by atoms with Crippen molar-refractivity contribution in [3.8, 4) is 0 Å². The molecule has 0 aromatic carbocycles. The molecule has 1 aromatic heterocycles. The van der Waals surface area contributed by atoms with Gasteiger partial charge in [0.05, 0.1) is 11.6 Å². The van der Waals surface area contributed by atoms with E-state index in [-0.39, 0.29) is 0 Å². The number of rotatable bonds is 1. The minimum Gasteiger partial charge on any atom is -0.806 e. The quantitative estimate of drug-likeness (QED) is 0.416. The van der Waals surface area contributed by atoms with E-state index in [9.17, 15) is 14.4 Å². The highest BCUT2D eigenvalue weighted by molar-refractivity contribution is 7.57. The Hall–Kier alpha value is -0.840. The third kappa shape index (κ3) is 1.57. The van der Waals surface area contributed by atoms with Crippen LogP contribution in [0.15, 0.2) is 12.3 Å². The second-order valence-corrected chi connectivity index (χ2v) is 2.93. The fourth-order valence-corrected chi connectivity index (χ4v) is 0.780. The van der Waals surface area contributed by atoms with Gasteiger partial charge in [-0.2, -0.15) is 0 Å². The summed E-state index contributed by atoms with van der Waals surface area (Å²) in [4.78, 5) is 20.3. The minimum absolute atomic E-state index is 0.581. The molecule has 0 aliphatic heterocycles. The fourth-order valence-electron chi connectivity index (χ4n) is 0.381. The standard InChI is InChI=1S/C3H4N3O3P/c7-10(8,9)3-1-2-4-6-5-3/h1-2H,(H2,7,8,9)/p-2. The Morgan fingerprint density at radius 2 is 2.20 bits per heavy atom. The summed E-state index contributed by atoms with van der Waals surface area (Å²) in [5.74, 6) is 0. The molecule has 0 bridgehead atoms. The molecule has 0 spiro atoms. The van der Waals surface area contributed by atoms with E-state index >= 15 is 0 Å². The molecule has 0 saturated heterocycles. The highest BCUT2D eigenvalue weighted by Gasteiger charge is 1.96. The molecule has 10 heavy (non-hydrogen) atoms. The summed E-state index contributed by atoms with van der Waals surface area (Å²) in [6.07, 6.45) is 1.09. The average Bonchev–Trinajstić information content (AvgIpc) is 1.88. The normalized spacial score (nSPS) is 11.4. The molecular weight excluding hydrogens is 157 g/mol. The topological polar surface area (TPSA) is 102 Å². The summed E-state index contributed by atoms with van der Waals surface area (Å²) in [5.41, 5.74) is -0.581. The van der Waals surface area contributed by atoms with Gasteiger partial charge in [-0.1, -0.05) is 0 Å². The van der Waals surface area contributed by atoms with Crippen molar-refractivity contribution in [2.75, 3.05) is 0 Å². The van der Waals surface area contributed by atoms with Crippen LogP contribution in [0.3, 0.4) is 0 Å². The average molecular weight is 159 g/mol. The van der Waals surface area contributed by atoms with Gasteiger partial charge in [0.15, 0.2) is 0 Å². The number of hydrogen-bond donors (Lipinski definition) is 0. The molecule has 0 fully saturated rings. The Morgan fingerprint density at radius 3 is 2.50 bits per heavy atom. The van der Waals surface area contributed by atoms with Crippen LogP contribution in [0.5, 0.6) is 0 Å². The monoisotopic (exact) mass is 159 g/mol. The molecule has 0 aliphatic rings. The Morgan fingerprint density at radius 1 is 1.50 bits per heavy atom. The van der Waals surface area contributed by atoms with E-state index in [1.165, 1.54) is 0 Å². The highest BCUT2D eigenvalue weighted by Crippen LogP contribution is 2.18. The van der Waals surface area contributed by atoms with Gasteiger partial charge < -0.3 is 14.4 Å². The second-order valence-electron chi connectivity index (χ2n) is 1.48. The van der Waals surface area contributed by atoms with Crippen LogP contribution in [-0.2, 0) is 4.57 Å². The van der Waals surface area contributed by atoms with Crippen molar-refractivity contribution >= 4 is 13.0 Å². The van der Waals surface area contributed by atoms with Crippen molar-refractivity contribution < 1.29 is 14.4 Å². The van der Waals surface area contributed by atoms with Crippen LogP contribution in [0, 0.1) is 0 Å². The zero-order valence-electron chi connectivity index (χ0n) is 4.67. The summed E-state index contributed by atoms with van der Waals surface area (Å²) in [6.45, 7) is 0. The third-order valence-corrected chi connectivity index (χ3v) is 1.57. The Kier molecular flexibility index (Phi) is 1.76. The molecule has 0 amide bonds. The molecular formula is C3H2N3O3P-2. The number of aromatic nitrogens is 3. The van der Waals surface area contributed by atoms with Crippen LogP contribution in [0.4, 0.5) is 0 Å². The predicted octanol–water partition coefficient (Wildman–Crippen LogP) is -2.59. The van der Waals surface area contributed by atoms with E-state index in [1.807, 2.05) is 0 Å². The molecule has 0 aliphatic carbocycles. The van der Waals surface area contributed by atoms with Crippen molar-refractivity contribution in [1.29, 1.82) is 0 Å². The van der Waals surface area contributed by atoms with E-state index in [0.717, 1.165) is 12.3 Å². The molecule has 0 saturated carbocycles. The zero-order chi connectivity index (χ0) is 7.61. The van der Waals surface area contributed by atoms with Gasteiger partial charge in [-0.25, -0.2) is 0 Å². The van der Waals surface area contributed by atoms with Gasteiger partial charge >= 0.3 is 0 Å². The van der Waals surface area contributed by atoms with E-state index < -0.39 is 13.0 Å². The first-order valence-electron chi connectivity index (χ1n) is 2.28. The van der Waals surface area contributed by atoms with Crippen molar-refractivity contribution in [2.24, 2.45) is 0 Å². The van der Waals surface area contributed by atoms with Crippen LogP contribution in [-0.4, -0.2) is 15.4 Å². The minimum atomic E-state index is -4.73. The van der Waals surface area contributed by atoms with E-state index in [0.29, 0.717) is 0 Å². The molecule has 0 N–H and O–H groups in total. The Labute approximate surface area is 56.1 Å². The van der Waals surface area contributed by atoms with E-state index in [2.05, 4.69) is 15.4 Å². The third-order valence-electron chi connectivity index (χ3n) is 0.770. The lowest BCUT2D eigenvalue weighted by Crippen LogP contribution is -2.27. The van der Waals surface area contributed by atoms with Gasteiger partial charge in [-0.15, -0.1) is 10.2 Å². The van der Waals surface area contributed by atoms with Crippen LogP contribution in [0.2, 0.25) is 0 Å². The Bertz CT molecular complexity index is 257. The number of nitrogens with zero attached hydrogens (tertiary/aromatic N) is 3. The first-order valence-corrected chi connectivity index (χ1v) is 3.82. The van der Waals surface area contributed by atoms with Gasteiger partial charge in [0.25, 0.3) is 0 Å². The zero-order valence-corrected chi connectivity index (χ0v) is 5.56. The molecule has 54 valence electrons. The van der Waals surface area contributed by atoms with Crippen molar-refractivity contribution in [3.05, 3.63) is 12.3 Å². The molecule has 0 radical (unpaired) electrons. The first kappa shape index (κ1) is 7.27. The summed E-state index contributed by atoms with van der Waals surface area (Å²) in [5, 5.41) is 9.18. The Balaban J connectivity index is 3.09. The molecule has 1 aromatic rings. The second kappa shape index (κ2) is 2.42. The van der Waals surface area contributed by atoms with Crippen LogP contribution in [0.1, 0.15) is 0 Å². The van der Waals surface area contributed by atoms with E-state index in [1.54, 1.807) is 0 Å². The molecule has 0 atom stereocenters. The predicted molar refractivity (Wildman–Crippen MR) is 27.1 cm³/mol. The van der Waals surface area contributed by atoms with Crippen molar-refractivity contribution in [2.45, 2.75) is 0 Å². The van der Waals surface area contributed by atoms with Crippen molar-refractivity contribution in [1.82, 2.24) is 15.4 Å². The SMILES string of the molecule is O=P([O-])([O-])c1ccnnn1. The van der Waals surface area contributed by atoms with Crippen LogP contribution in [0.25, 0.3) is 0 Å². The first-order chi connectivity index (χ1) is 4.61. The molecule has 1 heterocycles. The van der Waals surface area contributed by atoms with Gasteiger partial charge in [0.1, 0.15) is 0 Å². The number of hydrogen-bond acceptors (Lipinski definition) is 6. The largest absolute Gasteiger partial charge is 0.806 e. The molecule has 7 heteroatoms. The maximum absolute atomic E-state index is 10.2.